The number of hydrogen-bond acceptors (Lipinski definition) is 4. The summed E-state index contributed by atoms with van der Waals surface area (Å²) < 4.78 is 5.91. The summed E-state index contributed by atoms with van der Waals surface area (Å²) in [5.41, 5.74) is 9.77. The first-order valence-corrected chi connectivity index (χ1v) is 8.62. The zero-order chi connectivity index (χ0) is 17.1. The van der Waals surface area contributed by atoms with Gasteiger partial charge in [-0.15, -0.1) is 0 Å². The van der Waals surface area contributed by atoms with Crippen molar-refractivity contribution in [1.82, 2.24) is 10.3 Å². The van der Waals surface area contributed by atoms with E-state index in [9.17, 15) is 9.59 Å². The summed E-state index contributed by atoms with van der Waals surface area (Å²) in [7, 11) is 0. The highest BCUT2D eigenvalue weighted by Crippen LogP contribution is 2.31. The fourth-order valence-corrected chi connectivity index (χ4v) is 3.52. The number of likely N-dealkylation sites (tertiary alicyclic amines) is 1. The fraction of sp³-hybridized carbons (Fsp3) is 0.588. The molecule has 130 valence electrons. The van der Waals surface area contributed by atoms with Gasteiger partial charge in [0.05, 0.1) is 5.71 Å². The molecule has 0 bridgehead atoms. The summed E-state index contributed by atoms with van der Waals surface area (Å²) in [6.45, 7) is 3.46. The lowest BCUT2D eigenvalue weighted by molar-refractivity contribution is 0.0726. The number of carbonyl (C=O) groups excluding carboxylic acids is 2. The average Bonchev–Trinajstić information content (AvgIpc) is 2.76. The first-order valence-electron chi connectivity index (χ1n) is 8.62. The maximum atomic E-state index is 12.9. The van der Waals surface area contributed by atoms with E-state index in [0.29, 0.717) is 5.76 Å². The molecule has 0 unspecified atom stereocenters. The molecule has 24 heavy (non-hydrogen) atoms. The quantitative estimate of drug-likeness (QED) is 0.813. The van der Waals surface area contributed by atoms with Gasteiger partial charge in [0, 0.05) is 30.6 Å². The van der Waals surface area contributed by atoms with Crippen molar-refractivity contribution in [3.63, 3.8) is 0 Å². The standard InChI is InChI=1S/C17H24N4O3/c1-11-14-12(19-20-17(18)23)7-6-8-13(14)24-15(11)16(22)21-9-4-2-3-5-10-21/h2-10H2,1H3,(H3,18,20,23)/b19-12+. The lowest BCUT2D eigenvalue weighted by Crippen LogP contribution is -2.32. The Morgan fingerprint density at radius 1 is 1.12 bits per heavy atom. The van der Waals surface area contributed by atoms with Crippen LogP contribution in [0.3, 0.4) is 0 Å². The average molecular weight is 332 g/mol. The number of fused-ring (bicyclic) bond motifs is 1. The molecule has 3 rings (SSSR count). The topological polar surface area (TPSA) is 101 Å². The van der Waals surface area contributed by atoms with Crippen molar-refractivity contribution in [3.8, 4) is 0 Å². The predicted molar refractivity (Wildman–Crippen MR) is 90.0 cm³/mol. The predicted octanol–water partition coefficient (Wildman–Crippen LogP) is 2.31. The highest BCUT2D eigenvalue weighted by Gasteiger charge is 2.30. The van der Waals surface area contributed by atoms with Crippen LogP contribution < -0.4 is 11.2 Å². The van der Waals surface area contributed by atoms with Gasteiger partial charge in [0.15, 0.2) is 5.76 Å². The molecular weight excluding hydrogens is 308 g/mol. The maximum absolute atomic E-state index is 12.9. The molecule has 2 heterocycles. The molecule has 1 aliphatic carbocycles. The molecule has 3 N–H and O–H groups in total. The summed E-state index contributed by atoms with van der Waals surface area (Å²) in [6.07, 6.45) is 6.81. The zero-order valence-corrected chi connectivity index (χ0v) is 14.1. The van der Waals surface area contributed by atoms with E-state index in [0.717, 1.165) is 67.8 Å². The van der Waals surface area contributed by atoms with Crippen LogP contribution in [-0.4, -0.2) is 35.6 Å². The number of nitrogens with two attached hydrogens (primary N) is 1. The Morgan fingerprint density at radius 2 is 1.83 bits per heavy atom. The largest absolute Gasteiger partial charge is 0.455 e. The Hall–Kier alpha value is -2.31. The summed E-state index contributed by atoms with van der Waals surface area (Å²) in [6, 6.07) is -0.698. The molecule has 1 fully saturated rings. The number of nitrogens with zero attached hydrogens (tertiary/aromatic N) is 2. The fourth-order valence-electron chi connectivity index (χ4n) is 3.52. The minimum absolute atomic E-state index is 0.0361. The molecule has 7 heteroatoms. The van der Waals surface area contributed by atoms with Crippen LogP contribution in [-0.2, 0) is 6.42 Å². The van der Waals surface area contributed by atoms with E-state index < -0.39 is 6.03 Å². The van der Waals surface area contributed by atoms with Crippen LogP contribution in [0.15, 0.2) is 9.52 Å². The van der Waals surface area contributed by atoms with Gasteiger partial charge >= 0.3 is 6.03 Å². The van der Waals surface area contributed by atoms with Gasteiger partial charge in [-0.3, -0.25) is 4.79 Å². The van der Waals surface area contributed by atoms with Crippen LogP contribution in [0.2, 0.25) is 0 Å². The molecule has 3 amide bonds. The van der Waals surface area contributed by atoms with Crippen molar-refractivity contribution in [2.75, 3.05) is 13.1 Å². The number of aryl methyl sites for hydroxylation is 1. The number of rotatable bonds is 2. The van der Waals surface area contributed by atoms with Gasteiger partial charge in [0.2, 0.25) is 0 Å². The van der Waals surface area contributed by atoms with Gasteiger partial charge in [0.1, 0.15) is 5.76 Å². The van der Waals surface area contributed by atoms with Crippen molar-refractivity contribution >= 4 is 17.6 Å². The third-order valence-electron chi connectivity index (χ3n) is 4.71. The van der Waals surface area contributed by atoms with Gasteiger partial charge < -0.3 is 15.1 Å². The monoisotopic (exact) mass is 332 g/mol. The Kier molecular flexibility index (Phi) is 4.87. The molecule has 0 atom stereocenters. The molecule has 0 aromatic carbocycles. The van der Waals surface area contributed by atoms with E-state index in [2.05, 4.69) is 10.5 Å². The number of urea groups is 1. The molecular formula is C17H24N4O3. The third-order valence-corrected chi connectivity index (χ3v) is 4.71. The van der Waals surface area contributed by atoms with E-state index in [1.54, 1.807) is 0 Å². The van der Waals surface area contributed by atoms with Crippen LogP contribution in [0, 0.1) is 6.92 Å². The van der Waals surface area contributed by atoms with Crippen molar-refractivity contribution in [2.24, 2.45) is 10.8 Å². The van der Waals surface area contributed by atoms with E-state index >= 15 is 0 Å². The molecule has 2 aliphatic rings. The van der Waals surface area contributed by atoms with Gasteiger partial charge in [-0.1, -0.05) is 12.8 Å². The molecule has 0 radical (unpaired) electrons. The molecule has 1 aromatic rings. The normalized spacial score (nSPS) is 19.7. The second-order valence-electron chi connectivity index (χ2n) is 6.45. The van der Waals surface area contributed by atoms with Crippen LogP contribution in [0.5, 0.6) is 0 Å². The molecule has 1 aliphatic heterocycles. The van der Waals surface area contributed by atoms with Crippen LogP contribution >= 0.6 is 0 Å². The summed E-state index contributed by atoms with van der Waals surface area (Å²) in [4.78, 5) is 25.7. The lowest BCUT2D eigenvalue weighted by Gasteiger charge is -2.19. The number of hydrazone groups is 1. The summed E-state index contributed by atoms with van der Waals surface area (Å²) in [5, 5.41) is 4.09. The van der Waals surface area contributed by atoms with Crippen LogP contribution in [0.25, 0.3) is 0 Å². The number of carbonyl (C=O) groups is 2. The highest BCUT2D eigenvalue weighted by molar-refractivity contribution is 6.06. The van der Waals surface area contributed by atoms with E-state index in [4.69, 9.17) is 10.2 Å². The van der Waals surface area contributed by atoms with Crippen molar-refractivity contribution in [2.45, 2.75) is 51.9 Å². The number of hydrogen-bond donors (Lipinski definition) is 2. The third kappa shape index (κ3) is 3.29. The Bertz CT molecular complexity index is 670. The summed E-state index contributed by atoms with van der Waals surface area (Å²) in [5.74, 6) is 1.16. The lowest BCUT2D eigenvalue weighted by atomic mass is 9.93. The first kappa shape index (κ1) is 16.5. The Balaban J connectivity index is 1.90. The minimum Gasteiger partial charge on any atom is -0.455 e. The van der Waals surface area contributed by atoms with Crippen molar-refractivity contribution in [3.05, 3.63) is 22.6 Å². The second kappa shape index (κ2) is 7.07. The minimum atomic E-state index is -0.698. The molecule has 1 aromatic heterocycles. The van der Waals surface area contributed by atoms with Crippen molar-refractivity contribution < 1.29 is 14.0 Å². The SMILES string of the molecule is Cc1c(C(=O)N2CCCCCC2)oc2c1/C(=N/NC(N)=O)CCC2. The first-order chi connectivity index (χ1) is 11.6. The number of amides is 3. The second-order valence-corrected chi connectivity index (χ2v) is 6.45. The molecule has 7 nitrogen and oxygen atoms in total. The zero-order valence-electron chi connectivity index (χ0n) is 14.1. The maximum Gasteiger partial charge on any atom is 0.332 e. The van der Waals surface area contributed by atoms with Gasteiger partial charge in [-0.05, 0) is 32.6 Å². The highest BCUT2D eigenvalue weighted by atomic mass is 16.4. The molecule has 0 saturated carbocycles. The van der Waals surface area contributed by atoms with E-state index in [-0.39, 0.29) is 5.91 Å². The van der Waals surface area contributed by atoms with Crippen molar-refractivity contribution in [1.29, 1.82) is 0 Å². The van der Waals surface area contributed by atoms with Crippen LogP contribution in [0.1, 0.15) is 66.0 Å². The van der Waals surface area contributed by atoms with E-state index in [1.165, 1.54) is 12.8 Å². The van der Waals surface area contributed by atoms with E-state index in [1.807, 2.05) is 11.8 Å². The Labute approximate surface area is 141 Å². The number of nitrogens with one attached hydrogen (secondary N) is 1. The van der Waals surface area contributed by atoms with Gasteiger partial charge in [-0.2, -0.15) is 5.10 Å². The van der Waals surface area contributed by atoms with Gasteiger partial charge in [0.25, 0.3) is 5.91 Å². The number of furan rings is 1. The summed E-state index contributed by atoms with van der Waals surface area (Å²) >= 11 is 0. The Morgan fingerprint density at radius 3 is 2.50 bits per heavy atom. The number of primary amides is 1. The molecule has 0 spiro atoms. The van der Waals surface area contributed by atoms with Crippen LogP contribution in [0.4, 0.5) is 4.79 Å². The smallest absolute Gasteiger partial charge is 0.332 e. The van der Waals surface area contributed by atoms with Gasteiger partial charge in [-0.25, -0.2) is 10.2 Å². The molecule has 1 saturated heterocycles.